The standard InChI is InChI=1S/C14H17NO3/c1-2-17-11-5-9(7-15-8-11)14(16)12-6-10-3-4-13(12)18-10/h5,7-8,10,12-13H,2-4,6H2,1H3. The molecule has 3 heterocycles. The van der Waals surface area contributed by atoms with Crippen molar-refractivity contribution in [1.29, 1.82) is 0 Å². The monoisotopic (exact) mass is 247 g/mol. The summed E-state index contributed by atoms with van der Waals surface area (Å²) in [5.74, 6) is 0.825. The summed E-state index contributed by atoms with van der Waals surface area (Å²) < 4.78 is 11.1. The zero-order valence-corrected chi connectivity index (χ0v) is 10.5. The average molecular weight is 247 g/mol. The van der Waals surface area contributed by atoms with E-state index in [1.165, 1.54) is 0 Å². The Hall–Kier alpha value is -1.42. The molecule has 4 heteroatoms. The lowest BCUT2D eigenvalue weighted by Gasteiger charge is -2.17. The molecule has 0 N–H and O–H groups in total. The van der Waals surface area contributed by atoms with E-state index in [1.54, 1.807) is 18.5 Å². The molecule has 0 saturated carbocycles. The summed E-state index contributed by atoms with van der Waals surface area (Å²) in [7, 11) is 0. The fraction of sp³-hybridized carbons (Fsp3) is 0.571. The lowest BCUT2D eigenvalue weighted by Crippen LogP contribution is -2.25. The maximum atomic E-state index is 12.4. The Bertz CT molecular complexity index is 460. The fourth-order valence-electron chi connectivity index (χ4n) is 2.93. The summed E-state index contributed by atoms with van der Waals surface area (Å²) in [6, 6.07) is 1.78. The quantitative estimate of drug-likeness (QED) is 0.765. The van der Waals surface area contributed by atoms with E-state index in [9.17, 15) is 4.79 Å². The minimum atomic E-state index is 0.0161. The highest BCUT2D eigenvalue weighted by Crippen LogP contribution is 2.40. The lowest BCUT2D eigenvalue weighted by atomic mass is 9.84. The van der Waals surface area contributed by atoms with Crippen molar-refractivity contribution in [2.24, 2.45) is 5.92 Å². The van der Waals surface area contributed by atoms with Crippen LogP contribution in [0.3, 0.4) is 0 Å². The molecule has 18 heavy (non-hydrogen) atoms. The molecule has 1 aromatic heterocycles. The molecule has 2 bridgehead atoms. The third-order valence-corrected chi connectivity index (χ3v) is 3.75. The molecule has 2 fully saturated rings. The van der Waals surface area contributed by atoms with Crippen molar-refractivity contribution in [2.75, 3.05) is 6.61 Å². The summed E-state index contributed by atoms with van der Waals surface area (Å²) >= 11 is 0. The van der Waals surface area contributed by atoms with E-state index in [-0.39, 0.29) is 17.8 Å². The second-order valence-electron chi connectivity index (χ2n) is 4.92. The smallest absolute Gasteiger partial charge is 0.170 e. The number of carbonyl (C=O) groups is 1. The molecular formula is C14H17NO3. The first-order valence-corrected chi connectivity index (χ1v) is 6.55. The van der Waals surface area contributed by atoms with Crippen LogP contribution in [0, 0.1) is 5.92 Å². The lowest BCUT2D eigenvalue weighted by molar-refractivity contribution is 0.0742. The van der Waals surface area contributed by atoms with Crippen LogP contribution < -0.4 is 4.74 Å². The molecule has 3 atom stereocenters. The average Bonchev–Trinajstić information content (AvgIpc) is 3.01. The first-order valence-electron chi connectivity index (χ1n) is 6.55. The number of ether oxygens (including phenoxy) is 2. The molecule has 3 unspecified atom stereocenters. The van der Waals surface area contributed by atoms with E-state index < -0.39 is 0 Å². The first-order chi connectivity index (χ1) is 8.78. The number of rotatable bonds is 4. The summed E-state index contributed by atoms with van der Waals surface area (Å²) in [6.07, 6.45) is 6.66. The number of aromatic nitrogens is 1. The Morgan fingerprint density at radius 2 is 2.39 bits per heavy atom. The molecule has 0 radical (unpaired) electrons. The third-order valence-electron chi connectivity index (χ3n) is 3.75. The predicted octanol–water partition coefficient (Wildman–Crippen LogP) is 2.23. The van der Waals surface area contributed by atoms with E-state index in [1.807, 2.05) is 6.92 Å². The van der Waals surface area contributed by atoms with Crippen molar-refractivity contribution < 1.29 is 14.3 Å². The molecule has 4 nitrogen and oxygen atoms in total. The predicted molar refractivity (Wildman–Crippen MR) is 65.7 cm³/mol. The topological polar surface area (TPSA) is 48.4 Å². The van der Waals surface area contributed by atoms with Crippen molar-refractivity contribution in [3.05, 3.63) is 24.0 Å². The van der Waals surface area contributed by atoms with Crippen LogP contribution in [-0.4, -0.2) is 29.6 Å². The number of nitrogens with zero attached hydrogens (tertiary/aromatic N) is 1. The van der Waals surface area contributed by atoms with Gasteiger partial charge in [0, 0.05) is 11.8 Å². The van der Waals surface area contributed by atoms with Gasteiger partial charge in [-0.3, -0.25) is 9.78 Å². The number of fused-ring (bicyclic) bond motifs is 2. The number of carbonyl (C=O) groups excluding carboxylic acids is 1. The first kappa shape index (κ1) is 11.7. The van der Waals surface area contributed by atoms with Gasteiger partial charge in [-0.05, 0) is 32.3 Å². The molecular weight excluding hydrogens is 230 g/mol. The van der Waals surface area contributed by atoms with Crippen LogP contribution in [0.2, 0.25) is 0 Å². The Morgan fingerprint density at radius 1 is 1.50 bits per heavy atom. The van der Waals surface area contributed by atoms with E-state index in [0.29, 0.717) is 24.0 Å². The van der Waals surface area contributed by atoms with Gasteiger partial charge < -0.3 is 9.47 Å². The minimum absolute atomic E-state index is 0.0161. The number of hydrogen-bond acceptors (Lipinski definition) is 4. The van der Waals surface area contributed by atoms with Crippen molar-refractivity contribution in [1.82, 2.24) is 4.98 Å². The SMILES string of the molecule is CCOc1cncc(C(=O)C2CC3CCC2O3)c1. The van der Waals surface area contributed by atoms with Crippen molar-refractivity contribution >= 4 is 5.78 Å². The molecule has 2 saturated heterocycles. The number of hydrogen-bond donors (Lipinski definition) is 0. The number of Topliss-reactive ketones (excluding diaryl/α,β-unsaturated/α-hetero) is 1. The normalized spacial score (nSPS) is 29.5. The van der Waals surface area contributed by atoms with Gasteiger partial charge in [0.2, 0.25) is 0 Å². The van der Waals surface area contributed by atoms with Gasteiger partial charge in [0.15, 0.2) is 5.78 Å². The third kappa shape index (κ3) is 2.01. The maximum Gasteiger partial charge on any atom is 0.170 e. The fourth-order valence-corrected chi connectivity index (χ4v) is 2.93. The summed E-state index contributed by atoms with van der Waals surface area (Å²) in [6.45, 7) is 2.49. The molecule has 2 aliphatic heterocycles. The number of ketones is 1. The van der Waals surface area contributed by atoms with Crippen LogP contribution >= 0.6 is 0 Å². The van der Waals surface area contributed by atoms with Gasteiger partial charge in [-0.1, -0.05) is 0 Å². The molecule has 3 rings (SSSR count). The van der Waals surface area contributed by atoms with Gasteiger partial charge in [-0.25, -0.2) is 0 Å². The second-order valence-corrected chi connectivity index (χ2v) is 4.92. The van der Waals surface area contributed by atoms with Crippen LogP contribution in [0.25, 0.3) is 0 Å². The highest BCUT2D eigenvalue weighted by Gasteiger charge is 2.44. The highest BCUT2D eigenvalue weighted by molar-refractivity contribution is 5.98. The van der Waals surface area contributed by atoms with Gasteiger partial charge in [0.1, 0.15) is 5.75 Å². The molecule has 0 aromatic carbocycles. The van der Waals surface area contributed by atoms with Crippen molar-refractivity contribution in [2.45, 2.75) is 38.4 Å². The Balaban J connectivity index is 1.77. The molecule has 0 spiro atoms. The van der Waals surface area contributed by atoms with Crippen molar-refractivity contribution in [3.63, 3.8) is 0 Å². The van der Waals surface area contributed by atoms with Crippen LogP contribution in [0.5, 0.6) is 5.75 Å². The van der Waals surface area contributed by atoms with Crippen LogP contribution in [0.15, 0.2) is 18.5 Å². The van der Waals surface area contributed by atoms with Gasteiger partial charge in [0.25, 0.3) is 0 Å². The van der Waals surface area contributed by atoms with E-state index in [2.05, 4.69) is 4.98 Å². The van der Waals surface area contributed by atoms with E-state index >= 15 is 0 Å². The zero-order chi connectivity index (χ0) is 12.5. The van der Waals surface area contributed by atoms with Gasteiger partial charge in [-0.15, -0.1) is 0 Å². The van der Waals surface area contributed by atoms with E-state index in [4.69, 9.17) is 9.47 Å². The maximum absolute atomic E-state index is 12.4. The molecule has 0 amide bonds. The molecule has 0 aliphatic carbocycles. The highest BCUT2D eigenvalue weighted by atomic mass is 16.5. The summed E-state index contributed by atoms with van der Waals surface area (Å²) in [4.78, 5) is 16.5. The minimum Gasteiger partial charge on any atom is -0.492 e. The van der Waals surface area contributed by atoms with Gasteiger partial charge >= 0.3 is 0 Å². The van der Waals surface area contributed by atoms with Crippen LogP contribution in [0.4, 0.5) is 0 Å². The van der Waals surface area contributed by atoms with Crippen molar-refractivity contribution in [3.8, 4) is 5.75 Å². The van der Waals surface area contributed by atoms with Crippen LogP contribution in [-0.2, 0) is 4.74 Å². The second kappa shape index (κ2) is 4.69. The van der Waals surface area contributed by atoms with Crippen LogP contribution in [0.1, 0.15) is 36.5 Å². The summed E-state index contributed by atoms with van der Waals surface area (Å²) in [5.41, 5.74) is 0.641. The summed E-state index contributed by atoms with van der Waals surface area (Å²) in [5, 5.41) is 0. The Kier molecular flexibility index (Phi) is 3.04. The van der Waals surface area contributed by atoms with Gasteiger partial charge in [-0.2, -0.15) is 0 Å². The van der Waals surface area contributed by atoms with Gasteiger partial charge in [0.05, 0.1) is 30.9 Å². The molecule has 2 aliphatic rings. The Labute approximate surface area is 106 Å². The Morgan fingerprint density at radius 3 is 3.06 bits per heavy atom. The largest absolute Gasteiger partial charge is 0.492 e. The molecule has 96 valence electrons. The van der Waals surface area contributed by atoms with E-state index in [0.717, 1.165) is 19.3 Å². The molecule has 1 aromatic rings. The number of pyridine rings is 1. The zero-order valence-electron chi connectivity index (χ0n) is 10.5.